The topological polar surface area (TPSA) is 93.6 Å². The molecule has 3 aromatic heterocycles. The van der Waals surface area contributed by atoms with Gasteiger partial charge in [0.1, 0.15) is 30.3 Å². The van der Waals surface area contributed by atoms with Crippen molar-refractivity contribution in [3.63, 3.8) is 0 Å². The molecule has 2 aliphatic rings. The normalized spacial score (nSPS) is 24.9. The van der Waals surface area contributed by atoms with Crippen LogP contribution in [0, 0.1) is 25.7 Å². The Morgan fingerprint density at radius 2 is 1.76 bits per heavy atom. The zero-order valence-electron chi connectivity index (χ0n) is 18.7. The van der Waals surface area contributed by atoms with Crippen LogP contribution < -0.4 is 9.64 Å². The number of para-hydroxylation sites is 2. The zero-order chi connectivity index (χ0) is 22.5. The van der Waals surface area contributed by atoms with Crippen LogP contribution in [-0.2, 0) is 0 Å². The molecule has 1 aliphatic carbocycles. The number of aliphatic hydroxyl groups excluding tert-OH is 1. The standard InChI is InChI=1S/C24H27N7O2/c1-15-16(2)28-23-7-8-27-31(23)24(15)29-11-17-9-20(32)22(10-18(17)12-29)33-21-6-4-3-5-19(21)30-13-25-26-14-30/h3-8,13-14,17-18,20,22,32H,9-12H2,1-2H3/t17-,18+,20+,22+/m0/s1. The molecule has 9 nitrogen and oxygen atoms in total. The second-order valence-corrected chi connectivity index (χ2v) is 9.20. The number of hydrogen-bond acceptors (Lipinski definition) is 7. The Kier molecular flexibility index (Phi) is 4.79. The predicted molar refractivity (Wildman–Crippen MR) is 123 cm³/mol. The molecule has 33 heavy (non-hydrogen) atoms. The van der Waals surface area contributed by atoms with Crippen LogP contribution in [-0.4, -0.2) is 59.8 Å². The Balaban J connectivity index is 1.24. The summed E-state index contributed by atoms with van der Waals surface area (Å²) in [6.07, 6.45) is 5.88. The van der Waals surface area contributed by atoms with Crippen LogP contribution in [0.4, 0.5) is 5.82 Å². The number of aromatic nitrogens is 6. The summed E-state index contributed by atoms with van der Waals surface area (Å²) in [5, 5.41) is 23.3. The third kappa shape index (κ3) is 3.43. The van der Waals surface area contributed by atoms with Crippen molar-refractivity contribution < 1.29 is 9.84 Å². The average Bonchev–Trinajstić information content (AvgIpc) is 3.56. The Labute approximate surface area is 191 Å². The molecule has 4 heterocycles. The largest absolute Gasteiger partial charge is 0.486 e. The minimum atomic E-state index is -0.509. The number of ether oxygens (including phenoxy) is 1. The van der Waals surface area contributed by atoms with Gasteiger partial charge in [-0.3, -0.25) is 4.57 Å². The highest BCUT2D eigenvalue weighted by molar-refractivity contribution is 5.57. The van der Waals surface area contributed by atoms with Crippen molar-refractivity contribution in [1.29, 1.82) is 0 Å². The van der Waals surface area contributed by atoms with Crippen molar-refractivity contribution in [2.45, 2.75) is 38.9 Å². The van der Waals surface area contributed by atoms with Gasteiger partial charge in [-0.1, -0.05) is 12.1 Å². The molecule has 4 atom stereocenters. The zero-order valence-corrected chi connectivity index (χ0v) is 18.7. The fraction of sp³-hybridized carbons (Fsp3) is 0.417. The number of anilines is 1. The van der Waals surface area contributed by atoms with E-state index in [9.17, 15) is 5.11 Å². The van der Waals surface area contributed by atoms with Gasteiger partial charge in [0.2, 0.25) is 0 Å². The van der Waals surface area contributed by atoms with Crippen LogP contribution in [0.25, 0.3) is 11.3 Å². The molecule has 1 aromatic carbocycles. The van der Waals surface area contributed by atoms with Crippen LogP contribution in [0.5, 0.6) is 5.75 Å². The highest BCUT2D eigenvalue weighted by Gasteiger charge is 2.43. The van der Waals surface area contributed by atoms with Gasteiger partial charge in [0.05, 0.1) is 18.0 Å². The van der Waals surface area contributed by atoms with Crippen LogP contribution in [0.2, 0.25) is 0 Å². The molecule has 0 radical (unpaired) electrons. The molecule has 1 saturated heterocycles. The number of aryl methyl sites for hydroxylation is 1. The molecule has 170 valence electrons. The van der Waals surface area contributed by atoms with Gasteiger partial charge in [-0.2, -0.15) is 9.61 Å². The number of fused-ring (bicyclic) bond motifs is 2. The van der Waals surface area contributed by atoms with Gasteiger partial charge >= 0.3 is 0 Å². The number of benzene rings is 1. The number of aliphatic hydroxyl groups is 1. The molecule has 1 saturated carbocycles. The predicted octanol–water partition coefficient (Wildman–Crippen LogP) is 2.58. The molecular formula is C24H27N7O2. The van der Waals surface area contributed by atoms with Gasteiger partial charge in [0.15, 0.2) is 5.65 Å². The molecule has 1 N–H and O–H groups in total. The third-order valence-electron chi connectivity index (χ3n) is 7.21. The molecular weight excluding hydrogens is 418 g/mol. The highest BCUT2D eigenvalue weighted by Crippen LogP contribution is 2.41. The van der Waals surface area contributed by atoms with Gasteiger partial charge in [0.25, 0.3) is 0 Å². The summed E-state index contributed by atoms with van der Waals surface area (Å²) < 4.78 is 10.2. The first-order valence-corrected chi connectivity index (χ1v) is 11.4. The molecule has 0 bridgehead atoms. The Hall–Kier alpha value is -3.46. The maximum atomic E-state index is 11.0. The lowest BCUT2D eigenvalue weighted by Crippen LogP contribution is -2.42. The molecule has 2 fully saturated rings. The molecule has 1 aliphatic heterocycles. The maximum Gasteiger partial charge on any atom is 0.157 e. The van der Waals surface area contributed by atoms with Crippen molar-refractivity contribution in [3.05, 3.63) is 60.4 Å². The first-order chi connectivity index (χ1) is 16.1. The Morgan fingerprint density at radius 3 is 2.58 bits per heavy atom. The van der Waals surface area contributed by atoms with E-state index in [4.69, 9.17) is 4.74 Å². The Morgan fingerprint density at radius 1 is 1.00 bits per heavy atom. The molecule has 0 unspecified atom stereocenters. The highest BCUT2D eigenvalue weighted by atomic mass is 16.5. The fourth-order valence-electron chi connectivity index (χ4n) is 5.44. The third-order valence-corrected chi connectivity index (χ3v) is 7.21. The lowest BCUT2D eigenvalue weighted by Gasteiger charge is -2.35. The minimum absolute atomic E-state index is 0.256. The van der Waals surface area contributed by atoms with Gasteiger partial charge in [-0.15, -0.1) is 10.2 Å². The fourth-order valence-corrected chi connectivity index (χ4v) is 5.44. The molecule has 0 amide bonds. The van der Waals surface area contributed by atoms with E-state index in [1.54, 1.807) is 18.9 Å². The molecule has 6 rings (SSSR count). The van der Waals surface area contributed by atoms with E-state index < -0.39 is 6.10 Å². The monoisotopic (exact) mass is 445 g/mol. The van der Waals surface area contributed by atoms with E-state index in [0.29, 0.717) is 11.8 Å². The summed E-state index contributed by atoms with van der Waals surface area (Å²) in [6, 6.07) is 9.76. The van der Waals surface area contributed by atoms with Crippen molar-refractivity contribution in [2.75, 3.05) is 18.0 Å². The first-order valence-electron chi connectivity index (χ1n) is 11.4. The van der Waals surface area contributed by atoms with Crippen LogP contribution >= 0.6 is 0 Å². The van der Waals surface area contributed by atoms with Crippen molar-refractivity contribution in [2.24, 2.45) is 11.8 Å². The van der Waals surface area contributed by atoms with Gasteiger partial charge in [-0.25, -0.2) is 4.98 Å². The lowest BCUT2D eigenvalue weighted by molar-refractivity contribution is -0.0231. The van der Waals surface area contributed by atoms with Gasteiger partial charge in [-0.05, 0) is 50.7 Å². The second-order valence-electron chi connectivity index (χ2n) is 9.20. The summed E-state index contributed by atoms with van der Waals surface area (Å²) in [5.74, 6) is 2.71. The first kappa shape index (κ1) is 20.2. The lowest BCUT2D eigenvalue weighted by atomic mass is 9.78. The van der Waals surface area contributed by atoms with Crippen molar-refractivity contribution in [1.82, 2.24) is 29.4 Å². The summed E-state index contributed by atoms with van der Waals surface area (Å²) in [4.78, 5) is 7.08. The quantitative estimate of drug-likeness (QED) is 0.516. The van der Waals surface area contributed by atoms with E-state index in [0.717, 1.165) is 60.1 Å². The van der Waals surface area contributed by atoms with E-state index in [1.165, 1.54) is 0 Å². The van der Waals surface area contributed by atoms with Crippen LogP contribution in [0.15, 0.2) is 49.2 Å². The molecule has 0 spiro atoms. The summed E-state index contributed by atoms with van der Waals surface area (Å²) in [6.45, 7) is 5.99. The van der Waals surface area contributed by atoms with Crippen LogP contribution in [0.3, 0.4) is 0 Å². The van der Waals surface area contributed by atoms with Crippen molar-refractivity contribution >= 4 is 11.5 Å². The van der Waals surface area contributed by atoms with E-state index in [2.05, 4.69) is 39.0 Å². The average molecular weight is 446 g/mol. The summed E-state index contributed by atoms with van der Waals surface area (Å²) >= 11 is 0. The number of nitrogens with zero attached hydrogens (tertiary/aromatic N) is 7. The second kappa shape index (κ2) is 7.84. The van der Waals surface area contributed by atoms with E-state index in [1.807, 2.05) is 39.4 Å². The number of hydrogen-bond donors (Lipinski definition) is 1. The molecule has 4 aromatic rings. The summed E-state index contributed by atoms with van der Waals surface area (Å²) in [7, 11) is 0. The smallest absolute Gasteiger partial charge is 0.157 e. The SMILES string of the molecule is Cc1nc2ccnn2c(N2C[C@H]3C[C@@H](Oc4ccccc4-n4cnnc4)[C@H](O)C[C@H]3C2)c1C. The number of rotatable bonds is 4. The molecule has 9 heteroatoms. The van der Waals surface area contributed by atoms with Crippen molar-refractivity contribution in [3.8, 4) is 11.4 Å². The van der Waals surface area contributed by atoms with Gasteiger partial charge < -0.3 is 14.7 Å². The van der Waals surface area contributed by atoms with Gasteiger partial charge in [0, 0.05) is 30.4 Å². The maximum absolute atomic E-state index is 11.0. The van der Waals surface area contributed by atoms with E-state index >= 15 is 0 Å². The Bertz CT molecular complexity index is 1290. The van der Waals surface area contributed by atoms with E-state index in [-0.39, 0.29) is 6.10 Å². The summed E-state index contributed by atoms with van der Waals surface area (Å²) in [5.41, 5.74) is 3.92. The minimum Gasteiger partial charge on any atom is -0.486 e. The van der Waals surface area contributed by atoms with Crippen LogP contribution in [0.1, 0.15) is 24.1 Å².